The molecule has 11 heavy (non-hydrogen) atoms. The summed E-state index contributed by atoms with van der Waals surface area (Å²) in [6.45, 7) is 5.62. The Morgan fingerprint density at radius 2 is 2.73 bits per heavy atom. The molecular weight excluding hydrogens is 144 g/mol. The van der Waals surface area contributed by atoms with Gasteiger partial charge >= 0.3 is 0 Å². The van der Waals surface area contributed by atoms with Crippen LogP contribution in [-0.2, 0) is 4.84 Å². The van der Waals surface area contributed by atoms with Crippen LogP contribution in [-0.4, -0.2) is 12.6 Å². The van der Waals surface area contributed by atoms with E-state index in [0.29, 0.717) is 0 Å². The summed E-state index contributed by atoms with van der Waals surface area (Å²) >= 11 is 0. The quantitative estimate of drug-likeness (QED) is 0.619. The number of nitrogens with one attached hydrogen (secondary N) is 1. The molecule has 0 bridgehead atoms. The van der Waals surface area contributed by atoms with Crippen molar-refractivity contribution in [1.82, 2.24) is 5.48 Å². The van der Waals surface area contributed by atoms with E-state index >= 15 is 0 Å². The van der Waals surface area contributed by atoms with Gasteiger partial charge in [0.05, 0.1) is 0 Å². The van der Waals surface area contributed by atoms with Crippen molar-refractivity contribution in [3.8, 4) is 0 Å². The maximum Gasteiger partial charge on any atom is 0.149 e. The molecule has 0 aromatic carbocycles. The van der Waals surface area contributed by atoms with Gasteiger partial charge in [0.15, 0.2) is 0 Å². The molecule has 4 heteroatoms. The molecule has 1 saturated heterocycles. The van der Waals surface area contributed by atoms with Crippen LogP contribution in [0.3, 0.4) is 0 Å². The van der Waals surface area contributed by atoms with E-state index < -0.39 is 0 Å². The molecule has 0 saturated carbocycles. The molecule has 60 valence electrons. The number of nitroso groups, excluding NO2 is 1. The molecule has 1 unspecified atom stereocenters. The van der Waals surface area contributed by atoms with Crippen LogP contribution in [0.25, 0.3) is 0 Å². The van der Waals surface area contributed by atoms with E-state index in [4.69, 9.17) is 4.84 Å². The maximum atomic E-state index is 9.92. The van der Waals surface area contributed by atoms with Crippen molar-refractivity contribution < 1.29 is 4.84 Å². The van der Waals surface area contributed by atoms with Gasteiger partial charge in [-0.05, 0) is 6.92 Å². The lowest BCUT2D eigenvalue weighted by Gasteiger charge is -2.29. The standard InChI is InChI=1S/C7H10N2O2/c1-3-6(4-8-10)7-5(2)9-11-7/h3,5,9H,1,4H2,2H3/b7-6+. The normalized spacial score (nSPS) is 26.5. The molecule has 0 radical (unpaired) electrons. The lowest BCUT2D eigenvalue weighted by atomic mass is 10.1. The Bertz CT molecular complexity index is 210. The summed E-state index contributed by atoms with van der Waals surface area (Å²) in [6.07, 6.45) is 1.59. The van der Waals surface area contributed by atoms with Crippen LogP contribution in [0.4, 0.5) is 0 Å². The lowest BCUT2D eigenvalue weighted by molar-refractivity contribution is -0.0214. The molecule has 1 atom stereocenters. The van der Waals surface area contributed by atoms with Crippen LogP contribution in [0, 0.1) is 4.91 Å². The van der Waals surface area contributed by atoms with Crippen LogP contribution in [0.1, 0.15) is 6.92 Å². The Labute approximate surface area is 64.9 Å². The third kappa shape index (κ3) is 1.46. The highest BCUT2D eigenvalue weighted by Crippen LogP contribution is 2.18. The van der Waals surface area contributed by atoms with Crippen molar-refractivity contribution >= 4 is 0 Å². The molecular formula is C7H10N2O2. The highest BCUT2D eigenvalue weighted by molar-refractivity contribution is 5.27. The van der Waals surface area contributed by atoms with E-state index in [1.54, 1.807) is 6.08 Å². The Hall–Kier alpha value is -1.16. The largest absolute Gasteiger partial charge is 0.410 e. The second-order valence-electron chi connectivity index (χ2n) is 2.32. The monoisotopic (exact) mass is 154 g/mol. The van der Waals surface area contributed by atoms with Gasteiger partial charge in [-0.15, -0.1) is 5.48 Å². The summed E-state index contributed by atoms with van der Waals surface area (Å²) in [5.41, 5.74) is 3.44. The minimum Gasteiger partial charge on any atom is -0.410 e. The van der Waals surface area contributed by atoms with E-state index in [2.05, 4.69) is 17.2 Å². The minimum absolute atomic E-state index is 0.130. The van der Waals surface area contributed by atoms with Crippen molar-refractivity contribution in [2.45, 2.75) is 13.0 Å². The van der Waals surface area contributed by atoms with Gasteiger partial charge in [0, 0.05) is 5.57 Å². The summed E-state index contributed by atoms with van der Waals surface area (Å²) < 4.78 is 0. The molecule has 1 rings (SSSR count). The molecule has 0 aromatic rings. The lowest BCUT2D eigenvalue weighted by Crippen LogP contribution is -2.42. The molecule has 1 aliphatic heterocycles. The van der Waals surface area contributed by atoms with E-state index in [9.17, 15) is 4.91 Å². The average Bonchev–Trinajstić information content (AvgIpc) is 2.01. The highest BCUT2D eigenvalue weighted by Gasteiger charge is 2.24. The number of hydroxylamine groups is 1. The SMILES string of the molecule is C=C/C(CN=O)=C1\ONC1C. The summed E-state index contributed by atoms with van der Waals surface area (Å²) in [7, 11) is 0. The van der Waals surface area contributed by atoms with Crippen LogP contribution in [0.2, 0.25) is 0 Å². The third-order valence-corrected chi connectivity index (χ3v) is 1.54. The molecule has 1 aliphatic rings. The smallest absolute Gasteiger partial charge is 0.149 e. The maximum absolute atomic E-state index is 9.92. The summed E-state index contributed by atoms with van der Waals surface area (Å²) in [5, 5.41) is 2.76. The van der Waals surface area contributed by atoms with Crippen molar-refractivity contribution in [3.63, 3.8) is 0 Å². The topological polar surface area (TPSA) is 50.7 Å². The van der Waals surface area contributed by atoms with Crippen molar-refractivity contribution in [3.05, 3.63) is 28.9 Å². The first-order chi connectivity index (χ1) is 5.29. The Morgan fingerprint density at radius 1 is 2.00 bits per heavy atom. The van der Waals surface area contributed by atoms with Gasteiger partial charge in [0.1, 0.15) is 18.3 Å². The van der Waals surface area contributed by atoms with Crippen molar-refractivity contribution in [1.29, 1.82) is 0 Å². The van der Waals surface area contributed by atoms with Gasteiger partial charge in [0.2, 0.25) is 0 Å². The van der Waals surface area contributed by atoms with Gasteiger partial charge in [-0.1, -0.05) is 17.8 Å². The number of rotatable bonds is 3. The number of hydrogen-bond acceptors (Lipinski definition) is 4. The zero-order valence-corrected chi connectivity index (χ0v) is 6.33. The molecule has 1 N–H and O–H groups in total. The van der Waals surface area contributed by atoms with Gasteiger partial charge in [-0.3, -0.25) is 0 Å². The molecule has 1 fully saturated rings. The van der Waals surface area contributed by atoms with Crippen molar-refractivity contribution in [2.24, 2.45) is 5.18 Å². The predicted octanol–water partition coefficient (Wildman–Crippen LogP) is 1.12. The zero-order chi connectivity index (χ0) is 8.27. The Morgan fingerprint density at radius 3 is 3.00 bits per heavy atom. The molecule has 0 spiro atoms. The first-order valence-corrected chi connectivity index (χ1v) is 3.36. The van der Waals surface area contributed by atoms with Crippen LogP contribution >= 0.6 is 0 Å². The van der Waals surface area contributed by atoms with Gasteiger partial charge in [-0.25, -0.2) is 0 Å². The van der Waals surface area contributed by atoms with Gasteiger partial charge < -0.3 is 4.84 Å². The van der Waals surface area contributed by atoms with Crippen LogP contribution in [0.5, 0.6) is 0 Å². The molecule has 4 nitrogen and oxygen atoms in total. The fourth-order valence-electron chi connectivity index (χ4n) is 0.892. The summed E-state index contributed by atoms with van der Waals surface area (Å²) in [6, 6.07) is 0.171. The van der Waals surface area contributed by atoms with Crippen LogP contribution in [0.15, 0.2) is 29.2 Å². The fraction of sp³-hybridized carbons (Fsp3) is 0.429. The second-order valence-corrected chi connectivity index (χ2v) is 2.32. The molecule has 0 aromatic heterocycles. The Balaban J connectivity index is 2.71. The fourth-order valence-corrected chi connectivity index (χ4v) is 0.892. The Kier molecular flexibility index (Phi) is 2.38. The van der Waals surface area contributed by atoms with Gasteiger partial charge in [0.25, 0.3) is 0 Å². The number of nitrogens with zero attached hydrogens (tertiary/aromatic N) is 1. The van der Waals surface area contributed by atoms with E-state index in [1.165, 1.54) is 0 Å². The van der Waals surface area contributed by atoms with Crippen LogP contribution < -0.4 is 5.48 Å². The first-order valence-electron chi connectivity index (χ1n) is 3.36. The highest BCUT2D eigenvalue weighted by atomic mass is 16.7. The predicted molar refractivity (Wildman–Crippen MR) is 41.6 cm³/mol. The first kappa shape index (κ1) is 7.94. The summed E-state index contributed by atoms with van der Waals surface area (Å²) in [4.78, 5) is 14.8. The molecule has 0 amide bonds. The molecule has 0 aliphatic carbocycles. The third-order valence-electron chi connectivity index (χ3n) is 1.54. The van der Waals surface area contributed by atoms with Crippen molar-refractivity contribution in [2.75, 3.05) is 6.54 Å². The minimum atomic E-state index is 0.130. The number of hydrogen-bond donors (Lipinski definition) is 1. The van der Waals surface area contributed by atoms with E-state index in [0.717, 1.165) is 11.3 Å². The van der Waals surface area contributed by atoms with E-state index in [1.807, 2.05) is 6.92 Å². The van der Waals surface area contributed by atoms with Gasteiger partial charge in [-0.2, -0.15) is 4.91 Å². The van der Waals surface area contributed by atoms with E-state index in [-0.39, 0.29) is 12.6 Å². The second kappa shape index (κ2) is 3.30. The summed E-state index contributed by atoms with van der Waals surface area (Å²) in [5.74, 6) is 0.764. The average molecular weight is 154 g/mol. The zero-order valence-electron chi connectivity index (χ0n) is 6.33. The molecule has 1 heterocycles.